The van der Waals surface area contributed by atoms with E-state index in [1.807, 2.05) is 0 Å². The van der Waals surface area contributed by atoms with Crippen LogP contribution in [0.1, 0.15) is 39.5 Å². The van der Waals surface area contributed by atoms with Gasteiger partial charge in [0.25, 0.3) is 0 Å². The average molecular weight is 242 g/mol. The van der Waals surface area contributed by atoms with Crippen molar-refractivity contribution in [3.63, 3.8) is 0 Å². The van der Waals surface area contributed by atoms with Gasteiger partial charge in [0, 0.05) is 13.7 Å². The molecule has 0 radical (unpaired) electrons. The van der Waals surface area contributed by atoms with Gasteiger partial charge in [-0.05, 0) is 37.5 Å². The van der Waals surface area contributed by atoms with Gasteiger partial charge in [0.1, 0.15) is 0 Å². The van der Waals surface area contributed by atoms with Crippen LogP contribution in [-0.2, 0) is 9.53 Å². The first kappa shape index (κ1) is 14.5. The molecule has 4 nitrogen and oxygen atoms in total. The number of nitrogens with two attached hydrogens (primary N) is 1. The predicted molar refractivity (Wildman–Crippen MR) is 68.6 cm³/mol. The van der Waals surface area contributed by atoms with E-state index in [0.717, 1.165) is 31.6 Å². The van der Waals surface area contributed by atoms with Crippen LogP contribution in [0.5, 0.6) is 0 Å². The Morgan fingerprint density at radius 1 is 1.47 bits per heavy atom. The molecule has 0 aromatic carbocycles. The maximum atomic E-state index is 11.7. The molecule has 0 atom stereocenters. The molecule has 4 heteroatoms. The minimum atomic E-state index is -0.496. The van der Waals surface area contributed by atoms with Gasteiger partial charge in [-0.25, -0.2) is 0 Å². The largest absolute Gasteiger partial charge is 0.383 e. The first-order valence-electron chi connectivity index (χ1n) is 6.55. The molecule has 0 aliphatic heterocycles. The molecule has 0 heterocycles. The number of amides is 1. The fraction of sp³-hybridized carbons (Fsp3) is 0.923. The van der Waals surface area contributed by atoms with Gasteiger partial charge in [0.05, 0.1) is 12.1 Å². The smallest absolute Gasteiger partial charge is 0.237 e. The third-order valence-corrected chi connectivity index (χ3v) is 4.07. The lowest BCUT2D eigenvalue weighted by atomic mass is 9.72. The third kappa shape index (κ3) is 3.68. The Morgan fingerprint density at radius 2 is 2.06 bits per heavy atom. The summed E-state index contributed by atoms with van der Waals surface area (Å²) in [6.45, 7) is 5.80. The Balaban J connectivity index is 2.54. The molecule has 0 spiro atoms. The van der Waals surface area contributed by atoms with E-state index >= 15 is 0 Å². The Morgan fingerprint density at radius 3 is 2.47 bits per heavy atom. The first-order valence-corrected chi connectivity index (χ1v) is 6.55. The van der Waals surface area contributed by atoms with Crippen LogP contribution in [0.15, 0.2) is 0 Å². The molecule has 0 aromatic rings. The van der Waals surface area contributed by atoms with Crippen molar-refractivity contribution in [3.05, 3.63) is 0 Å². The summed E-state index contributed by atoms with van der Waals surface area (Å²) < 4.78 is 5.00. The monoisotopic (exact) mass is 242 g/mol. The zero-order chi connectivity index (χ0) is 12.9. The standard InChI is InChI=1S/C13H26N2O2/c1-10(2)11-4-6-13(7-5-11,12(14)16)15-8-9-17-3/h10-11,15H,4-9H2,1-3H3,(H2,14,16). The van der Waals surface area contributed by atoms with Crippen LogP contribution in [0, 0.1) is 11.8 Å². The molecular formula is C13H26N2O2. The molecule has 1 amide bonds. The van der Waals surface area contributed by atoms with Gasteiger partial charge in [0.2, 0.25) is 5.91 Å². The second kappa shape index (κ2) is 6.36. The van der Waals surface area contributed by atoms with E-state index in [0.29, 0.717) is 19.1 Å². The molecule has 100 valence electrons. The molecule has 3 N–H and O–H groups in total. The molecule has 0 aromatic heterocycles. The Hall–Kier alpha value is -0.610. The average Bonchev–Trinajstić information content (AvgIpc) is 2.29. The molecule has 0 bridgehead atoms. The lowest BCUT2D eigenvalue weighted by Gasteiger charge is -2.39. The number of nitrogens with one attached hydrogen (secondary N) is 1. The van der Waals surface area contributed by atoms with Gasteiger partial charge in [-0.15, -0.1) is 0 Å². The van der Waals surface area contributed by atoms with Gasteiger partial charge in [-0.3, -0.25) is 4.79 Å². The molecule has 0 saturated heterocycles. The van der Waals surface area contributed by atoms with E-state index in [1.165, 1.54) is 0 Å². The Bertz CT molecular complexity index is 246. The Labute approximate surface area is 104 Å². The highest BCUT2D eigenvalue weighted by molar-refractivity contribution is 5.84. The zero-order valence-electron chi connectivity index (χ0n) is 11.3. The van der Waals surface area contributed by atoms with E-state index in [4.69, 9.17) is 10.5 Å². The molecule has 17 heavy (non-hydrogen) atoms. The van der Waals surface area contributed by atoms with Gasteiger partial charge >= 0.3 is 0 Å². The van der Waals surface area contributed by atoms with E-state index < -0.39 is 5.54 Å². The highest BCUT2D eigenvalue weighted by Gasteiger charge is 2.40. The van der Waals surface area contributed by atoms with Crippen LogP contribution in [0.25, 0.3) is 0 Å². The number of hydrogen-bond acceptors (Lipinski definition) is 3. The fourth-order valence-corrected chi connectivity index (χ4v) is 2.70. The van der Waals surface area contributed by atoms with Gasteiger partial charge in [-0.1, -0.05) is 13.8 Å². The Kier molecular flexibility index (Phi) is 5.40. The van der Waals surface area contributed by atoms with Crippen LogP contribution >= 0.6 is 0 Å². The molecule has 1 saturated carbocycles. The summed E-state index contributed by atoms with van der Waals surface area (Å²) in [6, 6.07) is 0. The van der Waals surface area contributed by atoms with Crippen molar-refractivity contribution in [1.82, 2.24) is 5.32 Å². The van der Waals surface area contributed by atoms with Gasteiger partial charge < -0.3 is 15.8 Å². The summed E-state index contributed by atoms with van der Waals surface area (Å²) in [5.74, 6) is 1.21. The summed E-state index contributed by atoms with van der Waals surface area (Å²) in [4.78, 5) is 11.7. The minimum absolute atomic E-state index is 0.212. The van der Waals surface area contributed by atoms with Crippen LogP contribution in [0.3, 0.4) is 0 Å². The number of primary amides is 1. The summed E-state index contributed by atoms with van der Waals surface area (Å²) in [6.07, 6.45) is 3.88. The molecule has 1 aliphatic carbocycles. The second-order valence-corrected chi connectivity index (χ2v) is 5.45. The number of carbonyl (C=O) groups is 1. The van der Waals surface area contributed by atoms with Crippen LogP contribution < -0.4 is 11.1 Å². The molecule has 1 rings (SSSR count). The topological polar surface area (TPSA) is 64.3 Å². The van der Waals surface area contributed by atoms with E-state index in [9.17, 15) is 4.79 Å². The van der Waals surface area contributed by atoms with Crippen molar-refractivity contribution in [1.29, 1.82) is 0 Å². The molecule has 0 unspecified atom stereocenters. The minimum Gasteiger partial charge on any atom is -0.383 e. The third-order valence-electron chi connectivity index (χ3n) is 4.07. The summed E-state index contributed by atoms with van der Waals surface area (Å²) >= 11 is 0. The fourth-order valence-electron chi connectivity index (χ4n) is 2.70. The number of ether oxygens (including phenoxy) is 1. The van der Waals surface area contributed by atoms with Crippen molar-refractivity contribution in [2.75, 3.05) is 20.3 Å². The number of hydrogen-bond donors (Lipinski definition) is 2. The van der Waals surface area contributed by atoms with Gasteiger partial charge in [0.15, 0.2) is 0 Å². The van der Waals surface area contributed by atoms with Crippen molar-refractivity contribution in [2.24, 2.45) is 17.6 Å². The molecule has 1 aliphatic rings. The highest BCUT2D eigenvalue weighted by Crippen LogP contribution is 2.35. The van der Waals surface area contributed by atoms with E-state index in [2.05, 4.69) is 19.2 Å². The quantitative estimate of drug-likeness (QED) is 0.690. The summed E-state index contributed by atoms with van der Waals surface area (Å²) in [5, 5.41) is 3.30. The van der Waals surface area contributed by atoms with Crippen LogP contribution in [-0.4, -0.2) is 31.7 Å². The van der Waals surface area contributed by atoms with Crippen molar-refractivity contribution < 1.29 is 9.53 Å². The number of rotatable bonds is 6. The summed E-state index contributed by atoms with van der Waals surface area (Å²) in [7, 11) is 1.66. The first-order chi connectivity index (χ1) is 8.02. The lowest BCUT2D eigenvalue weighted by molar-refractivity contribution is -0.126. The van der Waals surface area contributed by atoms with Crippen molar-refractivity contribution >= 4 is 5.91 Å². The maximum Gasteiger partial charge on any atom is 0.237 e. The lowest BCUT2D eigenvalue weighted by Crippen LogP contribution is -2.58. The highest BCUT2D eigenvalue weighted by atomic mass is 16.5. The van der Waals surface area contributed by atoms with Gasteiger partial charge in [-0.2, -0.15) is 0 Å². The molecule has 1 fully saturated rings. The number of methoxy groups -OCH3 is 1. The molecular weight excluding hydrogens is 216 g/mol. The second-order valence-electron chi connectivity index (χ2n) is 5.45. The van der Waals surface area contributed by atoms with Crippen molar-refractivity contribution in [3.8, 4) is 0 Å². The van der Waals surface area contributed by atoms with E-state index in [-0.39, 0.29) is 5.91 Å². The summed E-state index contributed by atoms with van der Waals surface area (Å²) in [5.41, 5.74) is 5.07. The zero-order valence-corrected chi connectivity index (χ0v) is 11.3. The van der Waals surface area contributed by atoms with Crippen LogP contribution in [0.2, 0.25) is 0 Å². The van der Waals surface area contributed by atoms with Crippen molar-refractivity contribution in [2.45, 2.75) is 45.1 Å². The number of carbonyl (C=O) groups excluding carboxylic acids is 1. The van der Waals surface area contributed by atoms with E-state index in [1.54, 1.807) is 7.11 Å². The maximum absolute atomic E-state index is 11.7. The predicted octanol–water partition coefficient (Wildman–Crippen LogP) is 1.29. The SMILES string of the molecule is COCCNC1(C(N)=O)CCC(C(C)C)CC1. The normalized spacial score (nSPS) is 29.5. The van der Waals surface area contributed by atoms with Crippen LogP contribution in [0.4, 0.5) is 0 Å².